The van der Waals surface area contributed by atoms with Crippen LogP contribution in [-0.4, -0.2) is 35.9 Å². The van der Waals surface area contributed by atoms with Gasteiger partial charge < -0.3 is 15.0 Å². The van der Waals surface area contributed by atoms with E-state index in [1.807, 2.05) is 25.1 Å². The zero-order chi connectivity index (χ0) is 21.2. The Bertz CT molecular complexity index is 812. The Hall–Kier alpha value is -2.24. The monoisotopic (exact) mass is 436 g/mol. The molecule has 5 nitrogen and oxygen atoms in total. The largest absolute Gasteiger partial charge is 0.494 e. The average molecular weight is 437 g/mol. The Kier molecular flexibility index (Phi) is 9.29. The Labute approximate surface area is 181 Å². The zero-order valence-electron chi connectivity index (χ0n) is 16.7. The molecular weight excluding hydrogens is 411 g/mol. The van der Waals surface area contributed by atoms with E-state index in [4.69, 9.17) is 27.9 Å². The quantitative estimate of drug-likeness (QED) is 0.548. The molecule has 0 radical (unpaired) electrons. The van der Waals surface area contributed by atoms with Crippen molar-refractivity contribution in [2.45, 2.75) is 39.3 Å². The molecule has 0 fully saturated rings. The SMILES string of the molecule is CCNC(=O)[C@@H](C)N(Cc1ccccc1Cl)C(=O)CCCOc1ccc(Cl)cc1. The third kappa shape index (κ3) is 7.26. The average Bonchev–Trinajstić information content (AvgIpc) is 2.71. The van der Waals surface area contributed by atoms with Crippen LogP contribution in [0.5, 0.6) is 5.75 Å². The van der Waals surface area contributed by atoms with Crippen molar-refractivity contribution in [1.82, 2.24) is 10.2 Å². The van der Waals surface area contributed by atoms with Crippen molar-refractivity contribution in [1.29, 1.82) is 0 Å². The summed E-state index contributed by atoms with van der Waals surface area (Å²) in [6.45, 7) is 4.74. The fraction of sp³-hybridized carbons (Fsp3) is 0.364. The second kappa shape index (κ2) is 11.7. The van der Waals surface area contributed by atoms with Crippen molar-refractivity contribution in [3.63, 3.8) is 0 Å². The molecule has 0 aliphatic heterocycles. The number of rotatable bonds is 10. The van der Waals surface area contributed by atoms with Crippen LogP contribution in [0.15, 0.2) is 48.5 Å². The number of benzene rings is 2. The van der Waals surface area contributed by atoms with Gasteiger partial charge in [-0.2, -0.15) is 0 Å². The molecule has 0 spiro atoms. The van der Waals surface area contributed by atoms with E-state index in [0.717, 1.165) is 5.56 Å². The maximum atomic E-state index is 12.9. The Morgan fingerprint density at radius 1 is 1.10 bits per heavy atom. The van der Waals surface area contributed by atoms with E-state index in [0.29, 0.717) is 35.4 Å². The van der Waals surface area contributed by atoms with Gasteiger partial charge in [0.15, 0.2) is 0 Å². The second-order valence-electron chi connectivity index (χ2n) is 6.59. The number of hydrogen-bond acceptors (Lipinski definition) is 3. The molecule has 0 bridgehead atoms. The lowest BCUT2D eigenvalue weighted by atomic mass is 10.1. The van der Waals surface area contributed by atoms with E-state index >= 15 is 0 Å². The van der Waals surface area contributed by atoms with Gasteiger partial charge in [0.1, 0.15) is 11.8 Å². The first kappa shape index (κ1) is 23.0. The molecule has 0 heterocycles. The number of carbonyl (C=O) groups excluding carboxylic acids is 2. The van der Waals surface area contributed by atoms with Gasteiger partial charge in [-0.3, -0.25) is 9.59 Å². The Morgan fingerprint density at radius 2 is 1.79 bits per heavy atom. The molecule has 2 amide bonds. The van der Waals surface area contributed by atoms with Crippen LogP contribution in [0.4, 0.5) is 0 Å². The molecule has 0 aliphatic rings. The fourth-order valence-electron chi connectivity index (χ4n) is 2.80. The summed E-state index contributed by atoms with van der Waals surface area (Å²) in [7, 11) is 0. The summed E-state index contributed by atoms with van der Waals surface area (Å²) in [4.78, 5) is 26.8. The third-order valence-corrected chi connectivity index (χ3v) is 5.05. The van der Waals surface area contributed by atoms with E-state index in [1.54, 1.807) is 42.2 Å². The highest BCUT2D eigenvalue weighted by Gasteiger charge is 2.26. The van der Waals surface area contributed by atoms with Crippen LogP contribution in [0.1, 0.15) is 32.3 Å². The topological polar surface area (TPSA) is 58.6 Å². The zero-order valence-corrected chi connectivity index (χ0v) is 18.2. The molecule has 2 rings (SSSR count). The number of amides is 2. The van der Waals surface area contributed by atoms with Gasteiger partial charge in [0.25, 0.3) is 0 Å². The molecular formula is C22H26Cl2N2O3. The van der Waals surface area contributed by atoms with E-state index in [2.05, 4.69) is 5.32 Å². The molecule has 0 aliphatic carbocycles. The molecule has 156 valence electrons. The second-order valence-corrected chi connectivity index (χ2v) is 7.43. The van der Waals surface area contributed by atoms with Gasteiger partial charge in [-0.25, -0.2) is 0 Å². The number of hydrogen-bond donors (Lipinski definition) is 1. The van der Waals surface area contributed by atoms with Crippen molar-refractivity contribution in [3.05, 3.63) is 64.1 Å². The smallest absolute Gasteiger partial charge is 0.242 e. The van der Waals surface area contributed by atoms with Crippen molar-refractivity contribution < 1.29 is 14.3 Å². The molecule has 7 heteroatoms. The van der Waals surface area contributed by atoms with Gasteiger partial charge in [0.05, 0.1) is 6.61 Å². The predicted octanol–water partition coefficient (Wildman–Crippen LogP) is 4.71. The molecule has 2 aromatic rings. The van der Waals surface area contributed by atoms with E-state index in [-0.39, 0.29) is 24.8 Å². The van der Waals surface area contributed by atoms with Gasteiger partial charge in [0.2, 0.25) is 11.8 Å². The predicted molar refractivity (Wildman–Crippen MR) is 116 cm³/mol. The fourth-order valence-corrected chi connectivity index (χ4v) is 3.12. The minimum atomic E-state index is -0.601. The lowest BCUT2D eigenvalue weighted by Crippen LogP contribution is -2.47. The number of carbonyl (C=O) groups is 2. The van der Waals surface area contributed by atoms with Crippen LogP contribution in [0.3, 0.4) is 0 Å². The molecule has 1 N–H and O–H groups in total. The first-order chi connectivity index (χ1) is 13.9. The minimum absolute atomic E-state index is 0.122. The van der Waals surface area contributed by atoms with E-state index in [1.165, 1.54) is 0 Å². The van der Waals surface area contributed by atoms with Crippen LogP contribution in [0.25, 0.3) is 0 Å². The lowest BCUT2D eigenvalue weighted by Gasteiger charge is -2.29. The van der Waals surface area contributed by atoms with Gasteiger partial charge in [-0.15, -0.1) is 0 Å². The number of nitrogens with one attached hydrogen (secondary N) is 1. The van der Waals surface area contributed by atoms with E-state index < -0.39 is 6.04 Å². The Balaban J connectivity index is 1.98. The van der Waals surface area contributed by atoms with Crippen molar-refractivity contribution >= 4 is 35.0 Å². The molecule has 29 heavy (non-hydrogen) atoms. The van der Waals surface area contributed by atoms with Gasteiger partial charge in [0, 0.05) is 29.6 Å². The number of nitrogens with zero attached hydrogens (tertiary/aromatic N) is 1. The van der Waals surface area contributed by atoms with Crippen LogP contribution >= 0.6 is 23.2 Å². The van der Waals surface area contributed by atoms with Gasteiger partial charge in [-0.1, -0.05) is 41.4 Å². The van der Waals surface area contributed by atoms with Crippen molar-refractivity contribution in [2.24, 2.45) is 0 Å². The van der Waals surface area contributed by atoms with E-state index in [9.17, 15) is 9.59 Å². The molecule has 0 aromatic heterocycles. The first-order valence-electron chi connectivity index (χ1n) is 9.61. The molecule has 0 saturated heterocycles. The number of likely N-dealkylation sites (N-methyl/N-ethyl adjacent to an activating group) is 1. The molecule has 0 saturated carbocycles. The van der Waals surface area contributed by atoms with Crippen LogP contribution < -0.4 is 10.1 Å². The maximum absolute atomic E-state index is 12.9. The van der Waals surface area contributed by atoms with Crippen molar-refractivity contribution in [3.8, 4) is 5.75 Å². The summed E-state index contributed by atoms with van der Waals surface area (Å²) < 4.78 is 5.65. The van der Waals surface area contributed by atoms with Crippen LogP contribution in [0.2, 0.25) is 10.0 Å². The maximum Gasteiger partial charge on any atom is 0.242 e. The highest BCUT2D eigenvalue weighted by molar-refractivity contribution is 6.31. The molecule has 1 atom stereocenters. The number of halogens is 2. The summed E-state index contributed by atoms with van der Waals surface area (Å²) in [5, 5.41) is 3.98. The van der Waals surface area contributed by atoms with Crippen LogP contribution in [-0.2, 0) is 16.1 Å². The minimum Gasteiger partial charge on any atom is -0.494 e. The summed E-state index contributed by atoms with van der Waals surface area (Å²) in [6.07, 6.45) is 0.796. The summed E-state index contributed by atoms with van der Waals surface area (Å²) in [5.41, 5.74) is 0.802. The summed E-state index contributed by atoms with van der Waals surface area (Å²) in [6, 6.07) is 13.8. The van der Waals surface area contributed by atoms with Crippen molar-refractivity contribution in [2.75, 3.05) is 13.2 Å². The lowest BCUT2D eigenvalue weighted by molar-refractivity contribution is -0.140. The van der Waals surface area contributed by atoms with Gasteiger partial charge >= 0.3 is 0 Å². The first-order valence-corrected chi connectivity index (χ1v) is 10.4. The normalized spacial score (nSPS) is 11.6. The standard InChI is InChI=1S/C22H26Cl2N2O3/c1-3-25-22(28)16(2)26(15-17-7-4-5-8-20(17)24)21(27)9-6-14-29-19-12-10-18(23)11-13-19/h4-5,7-8,10-13,16H,3,6,9,14-15H2,1-2H3,(H,25,28)/t16-/m1/s1. The summed E-state index contributed by atoms with van der Waals surface area (Å²) >= 11 is 12.1. The molecule has 2 aromatic carbocycles. The van der Waals surface area contributed by atoms with Crippen LogP contribution in [0, 0.1) is 0 Å². The van der Waals surface area contributed by atoms with Gasteiger partial charge in [-0.05, 0) is 56.2 Å². The summed E-state index contributed by atoms with van der Waals surface area (Å²) in [5.74, 6) is 0.388. The Morgan fingerprint density at radius 3 is 2.45 bits per heavy atom. The highest BCUT2D eigenvalue weighted by Crippen LogP contribution is 2.20. The number of ether oxygens (including phenoxy) is 1. The highest BCUT2D eigenvalue weighted by atomic mass is 35.5. The third-order valence-electron chi connectivity index (χ3n) is 4.43. The molecule has 0 unspecified atom stereocenters.